The molecule has 0 saturated carbocycles. The lowest BCUT2D eigenvalue weighted by molar-refractivity contribution is 0.104. The van der Waals surface area contributed by atoms with Crippen LogP contribution in [0.5, 0.6) is 5.75 Å². The number of piperazine rings is 1. The quantitative estimate of drug-likeness (QED) is 0.876. The van der Waals surface area contributed by atoms with Crippen LogP contribution >= 0.6 is 15.9 Å². The van der Waals surface area contributed by atoms with Gasteiger partial charge in [0.1, 0.15) is 5.75 Å². The molecule has 2 atom stereocenters. The molecule has 0 spiro atoms. The van der Waals surface area contributed by atoms with Crippen molar-refractivity contribution in [2.75, 3.05) is 40.8 Å². The number of hydrogen-bond acceptors (Lipinski definition) is 4. The van der Waals surface area contributed by atoms with Crippen LogP contribution in [0.3, 0.4) is 0 Å². The topological polar surface area (TPSA) is 41.7 Å². The molecule has 0 aliphatic carbocycles. The van der Waals surface area contributed by atoms with Crippen molar-refractivity contribution in [2.24, 2.45) is 5.73 Å². The van der Waals surface area contributed by atoms with Gasteiger partial charge in [0.25, 0.3) is 0 Å². The SMILES string of the molecule is COc1ccc(Br)c(CC(N)CC2CN(C)CCN2C)c1. The Bertz CT molecular complexity index is 469. The molecular formula is C16H26BrN3O. The standard InChI is InChI=1S/C16H26BrN3O/c1-19-6-7-20(2)14(11-19)10-13(18)8-12-9-15(21-3)4-5-16(12)17/h4-5,9,13-14H,6-8,10-11,18H2,1-3H3. The summed E-state index contributed by atoms with van der Waals surface area (Å²) in [6.07, 6.45) is 1.89. The number of nitrogens with zero attached hydrogens (tertiary/aromatic N) is 2. The Morgan fingerprint density at radius 1 is 1.38 bits per heavy atom. The van der Waals surface area contributed by atoms with Crippen LogP contribution in [-0.4, -0.2) is 62.7 Å². The largest absolute Gasteiger partial charge is 0.497 e. The van der Waals surface area contributed by atoms with Gasteiger partial charge < -0.3 is 20.3 Å². The number of likely N-dealkylation sites (N-methyl/N-ethyl adjacent to an activating group) is 2. The van der Waals surface area contributed by atoms with E-state index < -0.39 is 0 Å². The first kappa shape index (κ1) is 16.7. The summed E-state index contributed by atoms with van der Waals surface area (Å²) < 4.78 is 6.40. The third kappa shape index (κ3) is 4.68. The molecule has 2 unspecified atom stereocenters. The molecule has 0 aromatic heterocycles. The second-order valence-electron chi connectivity index (χ2n) is 6.05. The molecule has 1 saturated heterocycles. The molecule has 0 radical (unpaired) electrons. The number of rotatable bonds is 5. The normalized spacial score (nSPS) is 22.2. The van der Waals surface area contributed by atoms with Gasteiger partial charge in [-0.2, -0.15) is 0 Å². The highest BCUT2D eigenvalue weighted by atomic mass is 79.9. The molecular weight excluding hydrogens is 330 g/mol. The van der Waals surface area contributed by atoms with E-state index in [4.69, 9.17) is 10.5 Å². The second-order valence-corrected chi connectivity index (χ2v) is 6.91. The second kappa shape index (κ2) is 7.58. The van der Waals surface area contributed by atoms with Gasteiger partial charge in [-0.05, 0) is 50.7 Å². The highest BCUT2D eigenvalue weighted by Crippen LogP contribution is 2.24. The summed E-state index contributed by atoms with van der Waals surface area (Å²) >= 11 is 3.60. The van der Waals surface area contributed by atoms with Gasteiger partial charge in [-0.3, -0.25) is 0 Å². The predicted octanol–water partition coefficient (Wildman–Crippen LogP) is 1.96. The van der Waals surface area contributed by atoms with Gasteiger partial charge in [0, 0.05) is 36.2 Å². The smallest absolute Gasteiger partial charge is 0.119 e. The number of halogens is 1. The summed E-state index contributed by atoms with van der Waals surface area (Å²) in [6.45, 7) is 3.36. The molecule has 1 aliphatic rings. The van der Waals surface area contributed by atoms with Crippen molar-refractivity contribution < 1.29 is 4.74 Å². The fourth-order valence-electron chi connectivity index (χ4n) is 2.91. The summed E-state index contributed by atoms with van der Waals surface area (Å²) in [5.41, 5.74) is 7.61. The lowest BCUT2D eigenvalue weighted by atomic mass is 9.98. The Labute approximate surface area is 136 Å². The van der Waals surface area contributed by atoms with Gasteiger partial charge in [0.15, 0.2) is 0 Å². The van der Waals surface area contributed by atoms with E-state index in [0.717, 1.165) is 42.7 Å². The lowest BCUT2D eigenvalue weighted by Crippen LogP contribution is -2.51. The van der Waals surface area contributed by atoms with Crippen molar-refractivity contribution in [3.8, 4) is 5.75 Å². The number of ether oxygens (including phenoxy) is 1. The maximum atomic E-state index is 6.40. The highest BCUT2D eigenvalue weighted by molar-refractivity contribution is 9.10. The zero-order chi connectivity index (χ0) is 15.4. The van der Waals surface area contributed by atoms with E-state index in [1.54, 1.807) is 7.11 Å². The first-order valence-electron chi connectivity index (χ1n) is 7.46. The van der Waals surface area contributed by atoms with Gasteiger partial charge in [0.05, 0.1) is 7.11 Å². The maximum absolute atomic E-state index is 6.40. The van der Waals surface area contributed by atoms with Gasteiger partial charge in [-0.1, -0.05) is 15.9 Å². The number of methoxy groups -OCH3 is 1. The molecule has 1 fully saturated rings. The van der Waals surface area contributed by atoms with Crippen LogP contribution in [0, 0.1) is 0 Å². The van der Waals surface area contributed by atoms with Crippen molar-refractivity contribution in [1.82, 2.24) is 9.80 Å². The molecule has 21 heavy (non-hydrogen) atoms. The molecule has 1 aromatic rings. The minimum absolute atomic E-state index is 0.160. The molecule has 1 aliphatic heterocycles. The van der Waals surface area contributed by atoms with Crippen molar-refractivity contribution in [3.05, 3.63) is 28.2 Å². The van der Waals surface area contributed by atoms with Crippen LogP contribution < -0.4 is 10.5 Å². The van der Waals surface area contributed by atoms with E-state index in [0.29, 0.717) is 6.04 Å². The summed E-state index contributed by atoms with van der Waals surface area (Å²) in [6, 6.07) is 6.76. The minimum Gasteiger partial charge on any atom is -0.497 e. The average Bonchev–Trinajstić information content (AvgIpc) is 2.45. The van der Waals surface area contributed by atoms with Gasteiger partial charge in [0.2, 0.25) is 0 Å². The monoisotopic (exact) mass is 355 g/mol. The summed E-state index contributed by atoms with van der Waals surface area (Å²) in [5, 5.41) is 0. The van der Waals surface area contributed by atoms with Gasteiger partial charge in [-0.25, -0.2) is 0 Å². The molecule has 1 heterocycles. The van der Waals surface area contributed by atoms with Gasteiger partial charge in [-0.15, -0.1) is 0 Å². The third-order valence-electron chi connectivity index (χ3n) is 4.29. The van der Waals surface area contributed by atoms with Crippen LogP contribution in [-0.2, 0) is 6.42 Å². The molecule has 118 valence electrons. The van der Waals surface area contributed by atoms with Gasteiger partial charge >= 0.3 is 0 Å². The van der Waals surface area contributed by atoms with Crippen LogP contribution in [0.2, 0.25) is 0 Å². The molecule has 4 nitrogen and oxygen atoms in total. The van der Waals surface area contributed by atoms with E-state index >= 15 is 0 Å². The summed E-state index contributed by atoms with van der Waals surface area (Å²) in [7, 11) is 6.08. The summed E-state index contributed by atoms with van der Waals surface area (Å²) in [4.78, 5) is 4.82. The number of hydrogen-bond donors (Lipinski definition) is 1. The predicted molar refractivity (Wildman–Crippen MR) is 90.9 cm³/mol. The fourth-order valence-corrected chi connectivity index (χ4v) is 3.31. The Hall–Kier alpha value is -0.620. The molecule has 2 rings (SSSR count). The zero-order valence-electron chi connectivity index (χ0n) is 13.2. The van der Waals surface area contributed by atoms with Crippen molar-refractivity contribution in [2.45, 2.75) is 24.9 Å². The average molecular weight is 356 g/mol. The van der Waals surface area contributed by atoms with E-state index in [1.807, 2.05) is 12.1 Å². The first-order chi connectivity index (χ1) is 9.99. The van der Waals surface area contributed by atoms with Crippen LogP contribution in [0.4, 0.5) is 0 Å². The van der Waals surface area contributed by atoms with E-state index in [9.17, 15) is 0 Å². The molecule has 0 bridgehead atoms. The number of benzene rings is 1. The third-order valence-corrected chi connectivity index (χ3v) is 5.06. The van der Waals surface area contributed by atoms with Crippen molar-refractivity contribution >= 4 is 15.9 Å². The molecule has 2 N–H and O–H groups in total. The fraction of sp³-hybridized carbons (Fsp3) is 0.625. The first-order valence-corrected chi connectivity index (χ1v) is 8.25. The van der Waals surface area contributed by atoms with Crippen LogP contribution in [0.25, 0.3) is 0 Å². The lowest BCUT2D eigenvalue weighted by Gasteiger charge is -2.38. The zero-order valence-corrected chi connectivity index (χ0v) is 14.8. The Morgan fingerprint density at radius 3 is 2.86 bits per heavy atom. The molecule has 5 heteroatoms. The molecule has 0 amide bonds. The van der Waals surface area contributed by atoms with Crippen molar-refractivity contribution in [3.63, 3.8) is 0 Å². The maximum Gasteiger partial charge on any atom is 0.119 e. The minimum atomic E-state index is 0.160. The molecule has 1 aromatic carbocycles. The Balaban J connectivity index is 1.96. The highest BCUT2D eigenvalue weighted by Gasteiger charge is 2.24. The van der Waals surface area contributed by atoms with Crippen molar-refractivity contribution in [1.29, 1.82) is 0 Å². The van der Waals surface area contributed by atoms with Crippen LogP contribution in [0.15, 0.2) is 22.7 Å². The van der Waals surface area contributed by atoms with E-state index in [2.05, 4.69) is 45.9 Å². The Kier molecular flexibility index (Phi) is 6.05. The van der Waals surface area contributed by atoms with Crippen LogP contribution in [0.1, 0.15) is 12.0 Å². The van der Waals surface area contributed by atoms with E-state index in [-0.39, 0.29) is 6.04 Å². The Morgan fingerprint density at radius 2 is 2.14 bits per heavy atom. The number of nitrogens with two attached hydrogens (primary N) is 1. The summed E-state index contributed by atoms with van der Waals surface area (Å²) in [5.74, 6) is 0.884. The van der Waals surface area contributed by atoms with E-state index in [1.165, 1.54) is 5.56 Å².